The van der Waals surface area contributed by atoms with Gasteiger partial charge < -0.3 is 34.9 Å². The molecule has 8 nitrogen and oxygen atoms in total. The quantitative estimate of drug-likeness (QED) is 0.413. The fraction of sp³-hybridized carbons (Fsp3) is 0.130. The van der Waals surface area contributed by atoms with Crippen molar-refractivity contribution >= 4 is 51.9 Å². The average molecular weight is 486 g/mol. The minimum absolute atomic E-state index is 0.0997. The van der Waals surface area contributed by atoms with E-state index in [1.807, 2.05) is 0 Å². The molecule has 1 aliphatic heterocycles. The molecule has 0 aliphatic carbocycles. The van der Waals surface area contributed by atoms with Crippen LogP contribution < -0.4 is 34.9 Å². The largest absolute Gasteiger partial charge is 0.495 e. The second kappa shape index (κ2) is 9.85. The summed E-state index contributed by atoms with van der Waals surface area (Å²) in [7, 11) is 3.07. The van der Waals surface area contributed by atoms with E-state index in [1.54, 1.807) is 61.7 Å². The summed E-state index contributed by atoms with van der Waals surface area (Å²) in [5.74, 6) is 1.73. The molecule has 1 amide bonds. The van der Waals surface area contributed by atoms with Crippen molar-refractivity contribution in [1.29, 1.82) is 0 Å². The summed E-state index contributed by atoms with van der Waals surface area (Å²) in [6.45, 7) is 0.0997. The highest BCUT2D eigenvalue weighted by Gasteiger charge is 2.21. The van der Waals surface area contributed by atoms with Gasteiger partial charge in [-0.2, -0.15) is 0 Å². The zero-order chi connectivity index (χ0) is 23.4. The number of hydrogen-bond donors (Lipinski definition) is 3. The first kappa shape index (κ1) is 22.5. The zero-order valence-electron chi connectivity index (χ0n) is 17.7. The number of thiocarbonyl (C=S) groups is 1. The van der Waals surface area contributed by atoms with Crippen molar-refractivity contribution in [3.8, 4) is 23.0 Å². The maximum absolute atomic E-state index is 12.6. The SMILES string of the molecule is COc1cc(OC)c(NC(=S)Nc2ccc(NC(=O)c3cccc4c3OCO4)cc2)cc1Cl. The molecule has 0 atom stereocenters. The fourth-order valence-electron chi connectivity index (χ4n) is 3.19. The van der Waals surface area contributed by atoms with Gasteiger partial charge in [-0.1, -0.05) is 17.7 Å². The normalized spacial score (nSPS) is 11.5. The summed E-state index contributed by atoms with van der Waals surface area (Å²) in [5, 5.41) is 9.74. The van der Waals surface area contributed by atoms with Crippen molar-refractivity contribution in [1.82, 2.24) is 0 Å². The van der Waals surface area contributed by atoms with Crippen LogP contribution in [0.3, 0.4) is 0 Å². The van der Waals surface area contributed by atoms with Crippen molar-refractivity contribution in [3.63, 3.8) is 0 Å². The Kier molecular flexibility index (Phi) is 6.71. The van der Waals surface area contributed by atoms with Crippen molar-refractivity contribution in [2.24, 2.45) is 0 Å². The Bertz CT molecular complexity index is 1200. The molecule has 3 N–H and O–H groups in total. The third-order valence-electron chi connectivity index (χ3n) is 4.76. The molecular formula is C23H20ClN3O5S. The van der Waals surface area contributed by atoms with Crippen molar-refractivity contribution in [2.45, 2.75) is 0 Å². The first-order valence-corrected chi connectivity index (χ1v) is 10.6. The molecule has 0 saturated carbocycles. The van der Waals surface area contributed by atoms with Gasteiger partial charge in [-0.25, -0.2) is 0 Å². The number of rotatable bonds is 6. The van der Waals surface area contributed by atoms with Crippen molar-refractivity contribution in [3.05, 3.63) is 65.2 Å². The van der Waals surface area contributed by atoms with Gasteiger partial charge in [-0.05, 0) is 54.7 Å². The molecule has 0 fully saturated rings. The van der Waals surface area contributed by atoms with Gasteiger partial charge in [0.25, 0.3) is 5.91 Å². The molecule has 0 saturated heterocycles. The Labute approximate surface area is 200 Å². The standard InChI is InChI=1S/C23H20ClN3O5S/c1-29-19-11-20(30-2)17(10-16(19)24)27-23(33)26-14-8-6-13(7-9-14)25-22(28)15-4-3-5-18-21(15)32-12-31-18/h3-11H,12H2,1-2H3,(H,25,28)(H2,26,27,33). The van der Waals surface area contributed by atoms with Crippen LogP contribution in [0, 0.1) is 0 Å². The van der Waals surface area contributed by atoms with Crippen LogP contribution in [0.4, 0.5) is 17.1 Å². The number of amides is 1. The van der Waals surface area contributed by atoms with E-state index in [0.717, 1.165) is 5.69 Å². The van der Waals surface area contributed by atoms with E-state index in [1.165, 1.54) is 7.11 Å². The molecule has 0 radical (unpaired) electrons. The van der Waals surface area contributed by atoms with Gasteiger partial charge in [0.05, 0.1) is 30.5 Å². The number of methoxy groups -OCH3 is 2. The summed E-state index contributed by atoms with van der Waals surface area (Å²) in [6.07, 6.45) is 0. The molecule has 1 aliphatic rings. The number of para-hydroxylation sites is 1. The molecule has 0 aromatic heterocycles. The van der Waals surface area contributed by atoms with Crippen LogP contribution in [-0.4, -0.2) is 32.0 Å². The highest BCUT2D eigenvalue weighted by molar-refractivity contribution is 7.80. The summed E-state index contributed by atoms with van der Waals surface area (Å²) in [5.41, 5.74) is 2.34. The highest BCUT2D eigenvalue weighted by atomic mass is 35.5. The molecule has 170 valence electrons. The van der Waals surface area contributed by atoms with Crippen LogP contribution in [0.1, 0.15) is 10.4 Å². The summed E-state index contributed by atoms with van der Waals surface area (Å²) in [4.78, 5) is 12.6. The van der Waals surface area contributed by atoms with E-state index in [0.29, 0.717) is 50.1 Å². The molecule has 3 aromatic rings. The Balaban J connectivity index is 1.39. The number of ether oxygens (including phenoxy) is 4. The lowest BCUT2D eigenvalue weighted by Crippen LogP contribution is -2.19. The summed E-state index contributed by atoms with van der Waals surface area (Å²) in [6, 6.07) is 15.6. The molecule has 10 heteroatoms. The Hall–Kier alpha value is -3.69. The van der Waals surface area contributed by atoms with E-state index in [-0.39, 0.29) is 12.7 Å². The maximum atomic E-state index is 12.6. The van der Waals surface area contributed by atoms with E-state index in [4.69, 9.17) is 42.8 Å². The van der Waals surface area contributed by atoms with Gasteiger partial charge in [0.2, 0.25) is 6.79 Å². The monoisotopic (exact) mass is 485 g/mol. The lowest BCUT2D eigenvalue weighted by atomic mass is 10.1. The third-order valence-corrected chi connectivity index (χ3v) is 5.26. The number of fused-ring (bicyclic) bond motifs is 1. The number of benzene rings is 3. The molecule has 1 heterocycles. The van der Waals surface area contributed by atoms with Crippen molar-refractivity contribution in [2.75, 3.05) is 37.0 Å². The maximum Gasteiger partial charge on any atom is 0.259 e. The van der Waals surface area contributed by atoms with Gasteiger partial charge >= 0.3 is 0 Å². The smallest absolute Gasteiger partial charge is 0.259 e. The molecule has 4 rings (SSSR count). The zero-order valence-corrected chi connectivity index (χ0v) is 19.3. The summed E-state index contributed by atoms with van der Waals surface area (Å²) >= 11 is 11.6. The topological polar surface area (TPSA) is 90.1 Å². The number of carbonyl (C=O) groups excluding carboxylic acids is 1. The molecular weight excluding hydrogens is 466 g/mol. The predicted molar refractivity (Wildman–Crippen MR) is 131 cm³/mol. The average Bonchev–Trinajstić information content (AvgIpc) is 3.29. The third kappa shape index (κ3) is 5.05. The number of anilines is 3. The van der Waals surface area contributed by atoms with Gasteiger partial charge in [-0.3, -0.25) is 4.79 Å². The summed E-state index contributed by atoms with van der Waals surface area (Å²) < 4.78 is 21.3. The van der Waals surface area contributed by atoms with E-state index in [9.17, 15) is 4.79 Å². The fourth-order valence-corrected chi connectivity index (χ4v) is 3.66. The minimum Gasteiger partial charge on any atom is -0.495 e. The number of carbonyl (C=O) groups is 1. The van der Waals surface area contributed by atoms with Gasteiger partial charge in [0.1, 0.15) is 11.5 Å². The second-order valence-electron chi connectivity index (χ2n) is 6.84. The van der Waals surface area contributed by atoms with Gasteiger partial charge in [-0.15, -0.1) is 0 Å². The van der Waals surface area contributed by atoms with Gasteiger partial charge in [0.15, 0.2) is 16.6 Å². The predicted octanol–water partition coefficient (Wildman–Crippen LogP) is 5.15. The molecule has 0 spiro atoms. The minimum atomic E-state index is -0.293. The number of hydrogen-bond acceptors (Lipinski definition) is 6. The van der Waals surface area contributed by atoms with Crippen LogP contribution in [-0.2, 0) is 0 Å². The van der Waals surface area contributed by atoms with Crippen LogP contribution in [0.25, 0.3) is 0 Å². The molecule has 0 unspecified atom stereocenters. The van der Waals surface area contributed by atoms with E-state index in [2.05, 4.69) is 16.0 Å². The van der Waals surface area contributed by atoms with E-state index >= 15 is 0 Å². The Morgan fingerprint density at radius 3 is 2.33 bits per heavy atom. The first-order valence-electron chi connectivity index (χ1n) is 9.78. The van der Waals surface area contributed by atoms with Gasteiger partial charge in [0, 0.05) is 17.4 Å². The lowest BCUT2D eigenvalue weighted by Gasteiger charge is -2.15. The van der Waals surface area contributed by atoms with Crippen molar-refractivity contribution < 1.29 is 23.7 Å². The van der Waals surface area contributed by atoms with E-state index < -0.39 is 0 Å². The number of halogens is 1. The van der Waals surface area contributed by atoms with Crippen LogP contribution in [0.15, 0.2) is 54.6 Å². The van der Waals surface area contributed by atoms with Crippen LogP contribution >= 0.6 is 23.8 Å². The molecule has 33 heavy (non-hydrogen) atoms. The highest BCUT2D eigenvalue weighted by Crippen LogP contribution is 2.37. The first-order chi connectivity index (χ1) is 16.0. The van der Waals surface area contributed by atoms with Crippen LogP contribution in [0.5, 0.6) is 23.0 Å². The molecule has 0 bridgehead atoms. The second-order valence-corrected chi connectivity index (χ2v) is 7.65. The lowest BCUT2D eigenvalue weighted by molar-refractivity contribution is 0.102. The molecule has 3 aromatic carbocycles. The van der Waals surface area contributed by atoms with Crippen LogP contribution in [0.2, 0.25) is 5.02 Å². The Morgan fingerprint density at radius 2 is 1.64 bits per heavy atom. The number of nitrogens with one attached hydrogen (secondary N) is 3. The Morgan fingerprint density at radius 1 is 0.939 bits per heavy atom.